The van der Waals surface area contributed by atoms with Crippen molar-refractivity contribution in [2.45, 2.75) is 44.1 Å². The minimum atomic E-state index is -0.579. The van der Waals surface area contributed by atoms with Crippen molar-refractivity contribution in [2.75, 3.05) is 56.5 Å². The van der Waals surface area contributed by atoms with Crippen LogP contribution in [-0.4, -0.2) is 84.1 Å². The van der Waals surface area contributed by atoms with Gasteiger partial charge in [0.15, 0.2) is 0 Å². The lowest BCUT2D eigenvalue weighted by atomic mass is 9.75. The summed E-state index contributed by atoms with van der Waals surface area (Å²) < 4.78 is 0. The second-order valence-corrected chi connectivity index (χ2v) is 10.4. The monoisotopic (exact) mass is 492 g/mol. The highest BCUT2D eigenvalue weighted by molar-refractivity contribution is 5.98. The van der Waals surface area contributed by atoms with Gasteiger partial charge in [0.2, 0.25) is 5.95 Å². The molecular weight excluding hydrogens is 456 g/mol. The Morgan fingerprint density at radius 3 is 2.58 bits per heavy atom. The van der Waals surface area contributed by atoms with E-state index in [-0.39, 0.29) is 23.1 Å². The molecule has 5 rings (SSSR count). The van der Waals surface area contributed by atoms with Crippen molar-refractivity contribution in [2.24, 2.45) is 5.73 Å². The largest absolute Gasteiger partial charge is 0.365 e. The molecule has 3 aliphatic rings. The van der Waals surface area contributed by atoms with E-state index in [1.54, 1.807) is 4.90 Å². The van der Waals surface area contributed by atoms with Crippen LogP contribution in [0.5, 0.6) is 0 Å². The zero-order valence-electron chi connectivity index (χ0n) is 21.2. The molecule has 3 fully saturated rings. The zero-order valence-corrected chi connectivity index (χ0v) is 21.2. The fourth-order valence-electron chi connectivity index (χ4n) is 5.56. The molecule has 0 spiro atoms. The molecule has 0 bridgehead atoms. The molecule has 0 aliphatic carbocycles. The van der Waals surface area contributed by atoms with Gasteiger partial charge in [0, 0.05) is 45.1 Å². The molecule has 1 aromatic heterocycles. The van der Waals surface area contributed by atoms with Crippen LogP contribution in [0.25, 0.3) is 0 Å². The van der Waals surface area contributed by atoms with Crippen LogP contribution < -0.4 is 21.3 Å². The maximum atomic E-state index is 12.5. The van der Waals surface area contributed by atoms with Crippen molar-refractivity contribution in [1.82, 2.24) is 25.1 Å². The minimum absolute atomic E-state index is 0.0796. The van der Waals surface area contributed by atoms with E-state index in [4.69, 9.17) is 10.7 Å². The number of benzene rings is 1. The lowest BCUT2D eigenvalue weighted by molar-refractivity contribution is 0.100. The van der Waals surface area contributed by atoms with Crippen LogP contribution in [-0.2, 0) is 5.41 Å². The number of amides is 3. The molecule has 36 heavy (non-hydrogen) atoms. The van der Waals surface area contributed by atoms with E-state index in [1.165, 1.54) is 11.8 Å². The number of nitrogens with two attached hydrogens (primary N) is 1. The molecule has 1 unspecified atom stereocenters. The summed E-state index contributed by atoms with van der Waals surface area (Å²) >= 11 is 0. The van der Waals surface area contributed by atoms with Crippen molar-refractivity contribution in [3.8, 4) is 0 Å². The van der Waals surface area contributed by atoms with E-state index < -0.39 is 5.91 Å². The van der Waals surface area contributed by atoms with Gasteiger partial charge in [-0.25, -0.2) is 9.78 Å². The molecule has 1 aromatic carbocycles. The van der Waals surface area contributed by atoms with Gasteiger partial charge in [0.05, 0.1) is 6.04 Å². The molecule has 3 saturated heterocycles. The predicted octanol–water partition coefficient (Wildman–Crippen LogP) is 2.30. The van der Waals surface area contributed by atoms with Crippen LogP contribution in [0, 0.1) is 0 Å². The number of nitrogens with zero attached hydrogens (tertiary/aromatic N) is 5. The molecule has 2 aromatic rings. The van der Waals surface area contributed by atoms with Gasteiger partial charge in [-0.1, -0.05) is 19.1 Å². The van der Waals surface area contributed by atoms with Gasteiger partial charge in [-0.2, -0.15) is 4.98 Å². The first kappa shape index (κ1) is 24.3. The normalized spacial score (nSPS) is 22.1. The first-order valence-corrected chi connectivity index (χ1v) is 12.9. The number of nitrogens with one attached hydrogen (secondary N) is 2. The third-order valence-corrected chi connectivity index (χ3v) is 7.96. The van der Waals surface area contributed by atoms with Gasteiger partial charge in [0.1, 0.15) is 11.4 Å². The Balaban J connectivity index is 1.34. The summed E-state index contributed by atoms with van der Waals surface area (Å²) in [5, 5.41) is 6.72. The number of likely N-dealkylation sites (N-methyl/N-ethyl adjacent to an activating group) is 1. The number of hydrogen-bond donors (Lipinski definition) is 3. The first-order valence-electron chi connectivity index (χ1n) is 12.9. The van der Waals surface area contributed by atoms with E-state index in [0.29, 0.717) is 18.3 Å². The van der Waals surface area contributed by atoms with Gasteiger partial charge in [-0.15, -0.1) is 0 Å². The number of primary amides is 1. The van der Waals surface area contributed by atoms with Gasteiger partial charge in [0.25, 0.3) is 5.91 Å². The molecule has 10 heteroatoms. The van der Waals surface area contributed by atoms with Crippen molar-refractivity contribution in [3.63, 3.8) is 0 Å². The summed E-state index contributed by atoms with van der Waals surface area (Å²) in [6.07, 6.45) is 5.61. The average molecular weight is 493 g/mol. The van der Waals surface area contributed by atoms with Gasteiger partial charge in [-0.05, 0) is 61.9 Å². The van der Waals surface area contributed by atoms with E-state index in [2.05, 4.69) is 39.6 Å². The standard InChI is InChI=1S/C26H36N8O2/c1-26(9-11-28-12-10-26)18-5-7-19(8-6-18)30-23-21(22(27)35)16-29-24(31-23)33-13-3-4-20(17-33)34-15-14-32(2)25(34)36/h5-8,16,20,28H,3-4,9-15,17H2,1-2H3,(H2,27,35)(H,29,30,31). The van der Waals surface area contributed by atoms with Crippen LogP contribution in [0.3, 0.4) is 0 Å². The maximum Gasteiger partial charge on any atom is 0.320 e. The molecule has 4 N–H and O–H groups in total. The number of piperidine rings is 2. The summed E-state index contributed by atoms with van der Waals surface area (Å²) in [6, 6.07) is 8.56. The predicted molar refractivity (Wildman–Crippen MR) is 140 cm³/mol. The second-order valence-electron chi connectivity index (χ2n) is 10.4. The highest BCUT2D eigenvalue weighted by atomic mass is 16.2. The Morgan fingerprint density at radius 2 is 1.92 bits per heavy atom. The molecule has 3 aliphatic heterocycles. The van der Waals surface area contributed by atoms with Gasteiger partial charge in [-0.3, -0.25) is 4.79 Å². The lowest BCUT2D eigenvalue weighted by Crippen LogP contribution is -2.49. The lowest BCUT2D eigenvalue weighted by Gasteiger charge is -2.37. The first-order chi connectivity index (χ1) is 17.3. The minimum Gasteiger partial charge on any atom is -0.365 e. The molecule has 3 amide bonds. The SMILES string of the molecule is CN1CCN(C2CCCN(c3ncc(C(N)=O)c(Nc4ccc(C5(C)CCNCC5)cc4)n3)C2)C1=O. The smallest absolute Gasteiger partial charge is 0.320 e. The number of carbonyl (C=O) groups excluding carboxylic acids is 2. The number of aromatic nitrogens is 2. The van der Waals surface area contributed by atoms with Gasteiger partial charge >= 0.3 is 6.03 Å². The Bertz CT molecular complexity index is 1120. The van der Waals surface area contributed by atoms with Crippen LogP contribution in [0.1, 0.15) is 48.5 Å². The highest BCUT2D eigenvalue weighted by Gasteiger charge is 2.35. The molecular formula is C26H36N8O2. The fourth-order valence-corrected chi connectivity index (χ4v) is 5.56. The van der Waals surface area contributed by atoms with Crippen LogP contribution in [0.4, 0.5) is 22.2 Å². The Hall–Kier alpha value is -3.40. The Labute approximate surface area is 212 Å². The van der Waals surface area contributed by atoms with Crippen LogP contribution >= 0.6 is 0 Å². The highest BCUT2D eigenvalue weighted by Crippen LogP contribution is 2.34. The van der Waals surface area contributed by atoms with Crippen molar-refractivity contribution in [3.05, 3.63) is 41.6 Å². The quantitative estimate of drug-likeness (QED) is 0.566. The summed E-state index contributed by atoms with van der Waals surface area (Å²) in [6.45, 7) is 7.33. The molecule has 10 nitrogen and oxygen atoms in total. The number of hydrogen-bond acceptors (Lipinski definition) is 7. The third-order valence-electron chi connectivity index (χ3n) is 7.96. The number of carbonyl (C=O) groups is 2. The van der Waals surface area contributed by atoms with Crippen molar-refractivity contribution < 1.29 is 9.59 Å². The second kappa shape index (κ2) is 9.93. The summed E-state index contributed by atoms with van der Waals surface area (Å²) in [7, 11) is 1.84. The molecule has 1 atom stereocenters. The molecule has 4 heterocycles. The van der Waals surface area contributed by atoms with E-state index >= 15 is 0 Å². The van der Waals surface area contributed by atoms with Crippen LogP contribution in [0.15, 0.2) is 30.5 Å². The summed E-state index contributed by atoms with van der Waals surface area (Å²) in [4.78, 5) is 39.6. The summed E-state index contributed by atoms with van der Waals surface area (Å²) in [5.74, 6) is 0.351. The topological polar surface area (TPSA) is 120 Å². The number of urea groups is 1. The third kappa shape index (κ3) is 4.82. The fraction of sp³-hybridized carbons (Fsp3) is 0.538. The van der Waals surface area contributed by atoms with Gasteiger partial charge < -0.3 is 31.1 Å². The molecule has 0 saturated carbocycles. The Kier molecular flexibility index (Phi) is 6.70. The molecule has 192 valence electrons. The maximum absolute atomic E-state index is 12.5. The van der Waals surface area contributed by atoms with Crippen LogP contribution in [0.2, 0.25) is 0 Å². The van der Waals surface area contributed by atoms with Crippen molar-refractivity contribution in [1.29, 1.82) is 0 Å². The van der Waals surface area contributed by atoms with E-state index in [0.717, 1.165) is 64.1 Å². The average Bonchev–Trinajstić information content (AvgIpc) is 3.22. The van der Waals surface area contributed by atoms with E-state index in [1.807, 2.05) is 24.1 Å². The Morgan fingerprint density at radius 1 is 1.17 bits per heavy atom. The zero-order chi connectivity index (χ0) is 25.3. The van der Waals surface area contributed by atoms with E-state index in [9.17, 15) is 9.59 Å². The van der Waals surface area contributed by atoms with Crippen molar-refractivity contribution >= 4 is 29.4 Å². The number of rotatable bonds is 6. The molecule has 0 radical (unpaired) electrons. The summed E-state index contributed by atoms with van der Waals surface area (Å²) in [5.41, 5.74) is 8.21. The number of anilines is 3.